The fraction of sp³-hybridized carbons (Fsp3) is 0.625. The molecular formula is C8H15N3S. The zero-order chi connectivity index (χ0) is 8.81. The van der Waals surface area contributed by atoms with Crippen molar-refractivity contribution in [2.24, 2.45) is 0 Å². The summed E-state index contributed by atoms with van der Waals surface area (Å²) in [6, 6.07) is 0. The molecule has 1 heterocycles. The number of aromatic amines is 1. The Balaban J connectivity index is 2.41. The molecule has 0 aliphatic rings. The minimum absolute atomic E-state index is 0.887. The van der Waals surface area contributed by atoms with Gasteiger partial charge in [0.2, 0.25) is 0 Å². The van der Waals surface area contributed by atoms with Crippen LogP contribution in [0.3, 0.4) is 0 Å². The van der Waals surface area contributed by atoms with Gasteiger partial charge in [-0.3, -0.25) is 0 Å². The van der Waals surface area contributed by atoms with E-state index in [0.717, 1.165) is 24.7 Å². The number of hydrogen-bond donors (Lipinski definition) is 2. The molecule has 0 atom stereocenters. The van der Waals surface area contributed by atoms with Crippen LogP contribution in [0.25, 0.3) is 0 Å². The topological polar surface area (TPSA) is 40.7 Å². The van der Waals surface area contributed by atoms with Crippen LogP contribution in [0.15, 0.2) is 6.20 Å². The molecular weight excluding hydrogens is 170 g/mol. The van der Waals surface area contributed by atoms with Gasteiger partial charge in [-0.1, -0.05) is 6.92 Å². The van der Waals surface area contributed by atoms with Gasteiger partial charge < -0.3 is 10.3 Å². The van der Waals surface area contributed by atoms with Crippen LogP contribution in [-0.2, 0) is 12.3 Å². The van der Waals surface area contributed by atoms with E-state index in [-0.39, 0.29) is 0 Å². The maximum absolute atomic E-state index is 4.24. The number of aromatic nitrogens is 2. The van der Waals surface area contributed by atoms with Gasteiger partial charge in [0.1, 0.15) is 5.82 Å². The van der Waals surface area contributed by atoms with Crippen molar-refractivity contribution in [3.63, 3.8) is 0 Å². The predicted octanol–water partition coefficient (Wildman–Crippen LogP) is 1.38. The quantitative estimate of drug-likeness (QED) is 0.728. The van der Waals surface area contributed by atoms with Gasteiger partial charge in [-0.2, -0.15) is 11.8 Å². The number of rotatable bonds is 5. The lowest BCUT2D eigenvalue weighted by molar-refractivity contribution is 0.713. The lowest BCUT2D eigenvalue weighted by atomic mass is 10.5. The number of thioether (sulfide) groups is 1. The molecule has 3 nitrogen and oxygen atoms in total. The van der Waals surface area contributed by atoms with E-state index in [1.165, 1.54) is 5.69 Å². The second-order valence-corrected chi connectivity index (χ2v) is 3.43. The van der Waals surface area contributed by atoms with E-state index in [4.69, 9.17) is 0 Å². The number of imidazole rings is 1. The highest BCUT2D eigenvalue weighted by Gasteiger charge is 1.97. The third-order valence-electron chi connectivity index (χ3n) is 1.53. The average molecular weight is 185 g/mol. The van der Waals surface area contributed by atoms with Crippen LogP contribution >= 0.6 is 11.8 Å². The van der Waals surface area contributed by atoms with Crippen molar-refractivity contribution < 1.29 is 0 Å². The summed E-state index contributed by atoms with van der Waals surface area (Å²) < 4.78 is 0. The fourth-order valence-electron chi connectivity index (χ4n) is 0.965. The van der Waals surface area contributed by atoms with E-state index in [2.05, 4.69) is 28.5 Å². The zero-order valence-electron chi connectivity index (χ0n) is 7.55. The SMILES string of the molecule is CCNCc1cnc(CSC)[nH]1. The Hall–Kier alpha value is -0.480. The standard InChI is InChI=1S/C8H15N3S/c1-3-9-4-7-5-10-8(11-7)6-12-2/h5,9H,3-4,6H2,1-2H3,(H,10,11). The molecule has 1 aromatic rings. The van der Waals surface area contributed by atoms with Crippen molar-refractivity contribution in [2.45, 2.75) is 19.2 Å². The van der Waals surface area contributed by atoms with E-state index in [1.54, 1.807) is 11.8 Å². The highest BCUT2D eigenvalue weighted by Crippen LogP contribution is 2.04. The maximum Gasteiger partial charge on any atom is 0.116 e. The minimum atomic E-state index is 0.887. The molecule has 68 valence electrons. The molecule has 2 N–H and O–H groups in total. The summed E-state index contributed by atoms with van der Waals surface area (Å²) in [5.74, 6) is 2.03. The van der Waals surface area contributed by atoms with Gasteiger partial charge in [0.15, 0.2) is 0 Å². The van der Waals surface area contributed by atoms with Crippen LogP contribution in [0, 0.1) is 0 Å². The molecule has 0 aliphatic heterocycles. The molecule has 0 aliphatic carbocycles. The largest absolute Gasteiger partial charge is 0.344 e. The van der Waals surface area contributed by atoms with Crippen molar-refractivity contribution in [1.29, 1.82) is 0 Å². The first kappa shape index (κ1) is 9.61. The van der Waals surface area contributed by atoms with E-state index < -0.39 is 0 Å². The lowest BCUT2D eigenvalue weighted by Gasteiger charge is -1.96. The van der Waals surface area contributed by atoms with Gasteiger partial charge in [0.05, 0.1) is 5.75 Å². The Morgan fingerprint density at radius 3 is 3.17 bits per heavy atom. The summed E-state index contributed by atoms with van der Waals surface area (Å²) in [6.07, 6.45) is 3.97. The summed E-state index contributed by atoms with van der Waals surface area (Å²) in [4.78, 5) is 7.50. The van der Waals surface area contributed by atoms with Crippen molar-refractivity contribution >= 4 is 11.8 Å². The molecule has 12 heavy (non-hydrogen) atoms. The zero-order valence-corrected chi connectivity index (χ0v) is 8.37. The highest BCUT2D eigenvalue weighted by molar-refractivity contribution is 7.97. The summed E-state index contributed by atoms with van der Waals surface area (Å²) in [5, 5.41) is 3.24. The van der Waals surface area contributed by atoms with Crippen LogP contribution in [0.5, 0.6) is 0 Å². The molecule has 0 fully saturated rings. The Labute approximate surface area is 77.4 Å². The van der Waals surface area contributed by atoms with E-state index >= 15 is 0 Å². The first-order valence-corrected chi connectivity index (χ1v) is 5.48. The third kappa shape index (κ3) is 2.87. The Morgan fingerprint density at radius 2 is 2.50 bits per heavy atom. The minimum Gasteiger partial charge on any atom is -0.344 e. The summed E-state index contributed by atoms with van der Waals surface area (Å²) in [5.41, 5.74) is 1.17. The molecule has 0 unspecified atom stereocenters. The monoisotopic (exact) mass is 185 g/mol. The molecule has 0 saturated heterocycles. The molecule has 0 radical (unpaired) electrons. The predicted molar refractivity (Wildman–Crippen MR) is 53.2 cm³/mol. The van der Waals surface area contributed by atoms with Gasteiger partial charge >= 0.3 is 0 Å². The van der Waals surface area contributed by atoms with Gasteiger partial charge in [-0.05, 0) is 12.8 Å². The number of H-pyrrole nitrogens is 1. The second-order valence-electron chi connectivity index (χ2n) is 2.57. The Morgan fingerprint density at radius 1 is 1.67 bits per heavy atom. The van der Waals surface area contributed by atoms with Crippen LogP contribution in [-0.4, -0.2) is 22.8 Å². The Bertz CT molecular complexity index is 222. The van der Waals surface area contributed by atoms with E-state index in [0.29, 0.717) is 0 Å². The Kier molecular flexibility index (Phi) is 4.18. The second kappa shape index (κ2) is 5.22. The molecule has 0 aromatic carbocycles. The van der Waals surface area contributed by atoms with Crippen molar-refractivity contribution in [3.8, 4) is 0 Å². The lowest BCUT2D eigenvalue weighted by Crippen LogP contribution is -2.11. The van der Waals surface area contributed by atoms with Crippen LogP contribution < -0.4 is 5.32 Å². The average Bonchev–Trinajstić information content (AvgIpc) is 2.50. The number of hydrogen-bond acceptors (Lipinski definition) is 3. The summed E-state index contributed by atoms with van der Waals surface area (Å²) >= 11 is 1.78. The molecule has 1 aromatic heterocycles. The van der Waals surface area contributed by atoms with Crippen LogP contribution in [0.2, 0.25) is 0 Å². The van der Waals surface area contributed by atoms with Gasteiger partial charge in [0, 0.05) is 18.4 Å². The van der Waals surface area contributed by atoms with Crippen LogP contribution in [0.4, 0.5) is 0 Å². The van der Waals surface area contributed by atoms with Crippen LogP contribution in [0.1, 0.15) is 18.4 Å². The van der Waals surface area contributed by atoms with E-state index in [9.17, 15) is 0 Å². The molecule has 4 heteroatoms. The summed E-state index contributed by atoms with van der Waals surface area (Å²) in [6.45, 7) is 3.98. The smallest absolute Gasteiger partial charge is 0.116 e. The first-order chi connectivity index (χ1) is 5.86. The summed E-state index contributed by atoms with van der Waals surface area (Å²) in [7, 11) is 0. The van der Waals surface area contributed by atoms with Gasteiger partial charge in [0.25, 0.3) is 0 Å². The number of nitrogens with zero attached hydrogens (tertiary/aromatic N) is 1. The van der Waals surface area contributed by atoms with Gasteiger partial charge in [-0.15, -0.1) is 0 Å². The molecule has 0 bridgehead atoms. The van der Waals surface area contributed by atoms with Gasteiger partial charge in [-0.25, -0.2) is 4.98 Å². The molecule has 1 rings (SSSR count). The van der Waals surface area contributed by atoms with Crippen molar-refractivity contribution in [2.75, 3.05) is 12.8 Å². The third-order valence-corrected chi connectivity index (χ3v) is 2.09. The molecule has 0 saturated carbocycles. The highest BCUT2D eigenvalue weighted by atomic mass is 32.2. The van der Waals surface area contributed by atoms with E-state index in [1.807, 2.05) is 6.20 Å². The normalized spacial score (nSPS) is 10.5. The van der Waals surface area contributed by atoms with Crippen molar-refractivity contribution in [1.82, 2.24) is 15.3 Å². The molecule has 0 spiro atoms. The maximum atomic E-state index is 4.24. The molecule has 0 amide bonds. The first-order valence-electron chi connectivity index (χ1n) is 4.09. The van der Waals surface area contributed by atoms with Crippen molar-refractivity contribution in [3.05, 3.63) is 17.7 Å². The fourth-order valence-corrected chi connectivity index (χ4v) is 1.39. The number of nitrogens with one attached hydrogen (secondary N) is 2.